The maximum atomic E-state index is 12.9. The van der Waals surface area contributed by atoms with Gasteiger partial charge in [-0.1, -0.05) is 357 Å². The molecule has 0 saturated heterocycles. The van der Waals surface area contributed by atoms with Crippen LogP contribution in [0.4, 0.5) is 17.6 Å². The predicted octanol–water partition coefficient (Wildman–Crippen LogP) is 32.6. The van der Waals surface area contributed by atoms with Gasteiger partial charge in [-0.3, -0.25) is 19.2 Å². The van der Waals surface area contributed by atoms with Crippen molar-refractivity contribution in [2.75, 3.05) is 40.6 Å². The van der Waals surface area contributed by atoms with E-state index in [2.05, 4.69) is 300 Å². The smallest absolute Gasteiger partial charge is 0.391 e. The summed E-state index contributed by atoms with van der Waals surface area (Å²) in [4.78, 5) is 66.8. The molecule has 0 radical (unpaired) electrons. The number of para-hydroxylation sites is 1. The third-order valence-corrected chi connectivity index (χ3v) is 22.6. The first-order valence-electron chi connectivity index (χ1n) is 54.3. The fourth-order valence-corrected chi connectivity index (χ4v) is 15.8. The second-order valence-electron chi connectivity index (χ2n) is 42.2. The largest absolute Gasteiger partial charge is 0.496 e. The lowest BCUT2D eigenvalue weighted by Gasteiger charge is -2.13. The summed E-state index contributed by atoms with van der Waals surface area (Å²) in [5, 5.41) is 17.8. The number of hydrogen-bond donors (Lipinski definition) is 2. The van der Waals surface area contributed by atoms with Crippen molar-refractivity contribution in [2.45, 2.75) is 326 Å². The molecule has 2 N–H and O–H groups in total. The molecule has 0 amide bonds. The molecule has 149 heavy (non-hydrogen) atoms. The number of rotatable bonds is 45. The third-order valence-electron chi connectivity index (χ3n) is 22.6. The number of carboxylic acid groups (broad SMARTS) is 1. The predicted molar refractivity (Wildman–Crippen MR) is 609 cm³/mol. The number of unbranched alkanes of at least 4 members (excludes halogenated alkanes) is 2. The normalized spacial score (nSPS) is 10.9. The summed E-state index contributed by atoms with van der Waals surface area (Å²) in [6, 6.07) is 83.0. The molecule has 0 saturated carbocycles. The van der Waals surface area contributed by atoms with Gasteiger partial charge in [-0.05, 0) is 316 Å². The number of benzene rings is 10. The number of hydrogen-bond acceptors (Lipinski definition) is 13. The van der Waals surface area contributed by atoms with E-state index in [4.69, 9.17) is 29.2 Å². The van der Waals surface area contributed by atoms with Crippen molar-refractivity contribution in [1.82, 2.24) is 0 Å². The van der Waals surface area contributed by atoms with Gasteiger partial charge in [0.05, 0.1) is 57.7 Å². The number of halogens is 4. The number of carboxylic acids is 1. The summed E-state index contributed by atoms with van der Waals surface area (Å²) in [6.07, 6.45) is 12.3. The lowest BCUT2D eigenvalue weighted by Crippen LogP contribution is -2.25. The number of carbonyl (C=O) groups is 6. The Morgan fingerprint density at radius 2 is 0.604 bits per heavy atom. The van der Waals surface area contributed by atoms with Gasteiger partial charge in [0.25, 0.3) is 0 Å². The third kappa shape index (κ3) is 71.8. The van der Waals surface area contributed by atoms with Gasteiger partial charge in [-0.25, -0.2) is 14.0 Å². The molecular weight excluding hydrogens is 1870 g/mol. The molecule has 0 aromatic heterocycles. The van der Waals surface area contributed by atoms with Crippen LogP contribution in [-0.4, -0.2) is 99.0 Å². The Kier molecular flexibility index (Phi) is 73.2. The molecule has 0 fully saturated rings. The van der Waals surface area contributed by atoms with Crippen molar-refractivity contribution in [1.29, 1.82) is 0 Å². The molecule has 822 valence electrons. The minimum Gasteiger partial charge on any atom is -0.496 e. The van der Waals surface area contributed by atoms with Crippen LogP contribution in [0.25, 0.3) is 0 Å². The van der Waals surface area contributed by atoms with Crippen LogP contribution in [0.1, 0.15) is 321 Å². The lowest BCUT2D eigenvalue weighted by molar-refractivity contribution is -0.157. The molecule has 18 heteroatoms. The van der Waals surface area contributed by atoms with Gasteiger partial charge in [0.1, 0.15) is 18.2 Å². The summed E-state index contributed by atoms with van der Waals surface area (Å²) in [5.41, 5.74) is 20.2. The Balaban J connectivity index is 0.000000834. The Morgan fingerprint density at radius 1 is 0.295 bits per heavy atom. The highest BCUT2D eigenvalue weighted by Gasteiger charge is 2.32. The van der Waals surface area contributed by atoms with E-state index < -0.39 is 37.2 Å². The van der Waals surface area contributed by atoms with Crippen molar-refractivity contribution in [3.8, 4) is 5.75 Å². The number of aliphatic hydroxyl groups excluding tert-OH is 1. The molecule has 14 nitrogen and oxygen atoms in total. The minimum absolute atomic E-state index is 0.0643. The average molecular weight is 2060 g/mol. The van der Waals surface area contributed by atoms with Crippen LogP contribution in [0.15, 0.2) is 249 Å². The first kappa shape index (κ1) is 136. The van der Waals surface area contributed by atoms with E-state index in [0.717, 1.165) is 125 Å². The zero-order chi connectivity index (χ0) is 112. The molecule has 0 unspecified atom stereocenters. The molecule has 0 aliphatic carbocycles. The Hall–Kier alpha value is -11.5. The number of aryl methyl sites for hydroxylation is 5. The fourth-order valence-electron chi connectivity index (χ4n) is 15.8. The van der Waals surface area contributed by atoms with Crippen molar-refractivity contribution >= 4 is 35.8 Å². The SMILES string of the molecule is CC(C)Cc1ccc(C(=O)OC[C@H](O)CC(F)(F)F)cc1.CC(C)Cc1ccccc1.CC(C)Cc1ccccc1CCC(=O)O.CC(C)Cc1ccccc1F.CCOC(=O)CCCCCc1ccc(CC(C)C)cc1.CCOC(=O)CCCc1ccc(CC(C)C)cc1.CCOC(=O)CCc1ccc(CC(C)C)cc1.COC(=O)c1ccc(CC(C)C)cc1.COc1ccccc1CC(C)C.Cc1ccccc1CC(C)C. The highest BCUT2D eigenvalue weighted by atomic mass is 19.4. The molecular formula is C131H186F4O14. The highest BCUT2D eigenvalue weighted by Crippen LogP contribution is 2.26. The van der Waals surface area contributed by atoms with Gasteiger partial charge in [0.15, 0.2) is 0 Å². The van der Waals surface area contributed by atoms with E-state index in [1.54, 1.807) is 37.4 Å². The molecule has 0 bridgehead atoms. The van der Waals surface area contributed by atoms with Gasteiger partial charge < -0.3 is 38.6 Å². The zero-order valence-corrected chi connectivity index (χ0v) is 95.4. The Morgan fingerprint density at radius 3 is 0.987 bits per heavy atom. The van der Waals surface area contributed by atoms with Crippen LogP contribution in [0.2, 0.25) is 0 Å². The van der Waals surface area contributed by atoms with Crippen molar-refractivity contribution in [3.05, 3.63) is 349 Å². The van der Waals surface area contributed by atoms with E-state index >= 15 is 0 Å². The molecule has 10 aromatic carbocycles. The van der Waals surface area contributed by atoms with E-state index in [1.807, 2.05) is 87.5 Å². The maximum Gasteiger partial charge on any atom is 0.391 e. The van der Waals surface area contributed by atoms with E-state index in [0.29, 0.717) is 98.4 Å². The molecule has 10 aromatic rings. The van der Waals surface area contributed by atoms with Crippen molar-refractivity contribution in [3.63, 3.8) is 0 Å². The molecule has 0 aliphatic rings. The Labute approximate surface area is 896 Å². The average Bonchev–Trinajstić information content (AvgIpc) is 0.881. The number of ether oxygens (including phenoxy) is 6. The van der Waals surface area contributed by atoms with Crippen LogP contribution in [0.3, 0.4) is 0 Å². The van der Waals surface area contributed by atoms with Gasteiger partial charge >= 0.3 is 42.0 Å². The molecule has 0 spiro atoms. The summed E-state index contributed by atoms with van der Waals surface area (Å²) < 4.78 is 78.2. The second kappa shape index (κ2) is 80.4. The van der Waals surface area contributed by atoms with Crippen LogP contribution in [0, 0.1) is 71.9 Å². The lowest BCUT2D eigenvalue weighted by atomic mass is 9.95. The van der Waals surface area contributed by atoms with Crippen LogP contribution >= 0.6 is 0 Å². The summed E-state index contributed by atoms with van der Waals surface area (Å²) in [7, 11) is 3.11. The minimum atomic E-state index is -4.48. The first-order chi connectivity index (χ1) is 70.7. The topological polar surface area (TPSA) is 198 Å². The van der Waals surface area contributed by atoms with Gasteiger partial charge in [-0.15, -0.1) is 0 Å². The number of aliphatic hydroxyl groups is 1. The number of alkyl halides is 3. The summed E-state index contributed by atoms with van der Waals surface area (Å²) in [6.45, 7) is 52.3. The summed E-state index contributed by atoms with van der Waals surface area (Å²) >= 11 is 0. The Bertz CT molecular complexity index is 5100. The highest BCUT2D eigenvalue weighted by molar-refractivity contribution is 5.90. The standard InChI is InChI=1S/C18H28O2.C16H24O2.C15H19F3O3.C15H22O2.C13H18O2.C12H16O2.C11H16O.C11H16.C10H13F.C10H14/c1-4-20-18(19)9-7-5-6-8-16-10-12-17(13-11-16)14-15(2)3;1-4-18-16(17)7-5-6-14-8-10-15(11-9-14)12-13(2)3;1-10(2)7-11-3-5-12(6-4-11)14(20)21-9-13(19)8-15(16,17)18;1-4-17-15(16)10-9-13-5-7-14(8-6-13)11-12(2)3;1-10(2)9-12-6-4-3-5-11(12)7-8-13(14)15;1-9(2)8-10-4-6-11(7-5-10)12(13)14-3;1-9(2)8-10-6-4-5-7-11(10)12-3;1-9(2)8-11-7-5-4-6-10(11)3;1-8(2)7-9-5-3-4-6-10(9)11;1-9(2)8-10-6-4-3-5-7-10/h10-13,15H,4-9,14H2,1-3H3;8-11,13H,4-7,12H2,1-3H3;3-6,10,13,19H,7-9H2,1-2H3;5-8,12H,4,9-11H2,1-3H3;3-6,10H,7-9H2,1-2H3,(H,14,15);4-7,9H,8H2,1-3H3;4-7,9H,8H2,1-3H3;4-7,9H,8H2,1-3H3;3-6,8H,7H2,1-2H3;3-7,9H,8H2,1-2H3/t;;13-;;;;;;;/m..1......./s1. The molecule has 0 heterocycles. The van der Waals surface area contributed by atoms with Crippen LogP contribution in [0.5, 0.6) is 5.75 Å². The maximum absolute atomic E-state index is 12.9. The van der Waals surface area contributed by atoms with Crippen LogP contribution in [-0.2, 0) is 133 Å². The molecule has 0 aliphatic heterocycles. The van der Waals surface area contributed by atoms with Crippen molar-refractivity contribution in [2.24, 2.45) is 59.2 Å². The van der Waals surface area contributed by atoms with Gasteiger partial charge in [0, 0.05) is 25.7 Å². The van der Waals surface area contributed by atoms with E-state index in [1.165, 1.54) is 98.3 Å². The summed E-state index contributed by atoms with van der Waals surface area (Å²) in [5.74, 6) is 5.46. The van der Waals surface area contributed by atoms with Crippen molar-refractivity contribution < 1.29 is 85.0 Å². The van der Waals surface area contributed by atoms with E-state index in [9.17, 15) is 46.3 Å². The van der Waals surface area contributed by atoms with Crippen LogP contribution < -0.4 is 4.74 Å². The first-order valence-corrected chi connectivity index (χ1v) is 54.3. The molecule has 1 atom stereocenters. The second-order valence-corrected chi connectivity index (χ2v) is 42.2. The number of carbonyl (C=O) groups excluding carboxylic acids is 5. The monoisotopic (exact) mass is 2060 g/mol. The van der Waals surface area contributed by atoms with E-state index in [-0.39, 0.29) is 41.7 Å². The number of aliphatic carboxylic acids is 1. The quantitative estimate of drug-likeness (QED) is 0.0158. The van der Waals surface area contributed by atoms with Gasteiger partial charge in [-0.2, -0.15) is 13.2 Å². The number of methoxy groups -OCH3 is 2. The molecule has 10 rings (SSSR count). The number of esters is 5. The fraction of sp³-hybridized carbons (Fsp3) is 0.496. The zero-order valence-electron chi connectivity index (χ0n) is 95.4. The van der Waals surface area contributed by atoms with Gasteiger partial charge in [0.2, 0.25) is 0 Å².